The summed E-state index contributed by atoms with van der Waals surface area (Å²) in [5.41, 5.74) is 2.67. The number of nitrogens with zero attached hydrogens (tertiary/aromatic N) is 3. The zero-order valence-corrected chi connectivity index (χ0v) is 15.4. The predicted molar refractivity (Wildman–Crippen MR) is 105 cm³/mol. The molecule has 0 saturated carbocycles. The molecule has 0 saturated heterocycles. The maximum Gasteiger partial charge on any atom is 0.240 e. The molecule has 2 aromatic carbocycles. The van der Waals surface area contributed by atoms with Crippen molar-refractivity contribution in [3.05, 3.63) is 72.6 Å². The first-order valence-corrected chi connectivity index (χ1v) is 9.58. The van der Waals surface area contributed by atoms with E-state index in [2.05, 4.69) is 10.4 Å². The average molecular weight is 378 g/mol. The van der Waals surface area contributed by atoms with E-state index in [1.807, 2.05) is 60.8 Å². The molecule has 1 aliphatic rings. The Hall–Kier alpha value is -3.06. The Kier molecular flexibility index (Phi) is 4.93. The fourth-order valence-corrected chi connectivity index (χ4v) is 3.95. The van der Waals surface area contributed by atoms with Crippen molar-refractivity contribution in [3.8, 4) is 5.69 Å². The van der Waals surface area contributed by atoms with E-state index in [-0.39, 0.29) is 18.4 Å². The highest BCUT2D eigenvalue weighted by Crippen LogP contribution is 2.34. The SMILES string of the molecule is O=C(CN1C(=O)CSc2ccccc21)NCc1ccccc1-n1cccn1. The Morgan fingerprint density at radius 2 is 1.85 bits per heavy atom. The molecular formula is C20H18N4O2S. The van der Waals surface area contributed by atoms with Gasteiger partial charge in [-0.3, -0.25) is 9.59 Å². The quantitative estimate of drug-likeness (QED) is 0.741. The van der Waals surface area contributed by atoms with E-state index < -0.39 is 0 Å². The van der Waals surface area contributed by atoms with E-state index in [4.69, 9.17) is 0 Å². The molecule has 1 aliphatic heterocycles. The second-order valence-electron chi connectivity index (χ2n) is 6.09. The number of nitrogens with one attached hydrogen (secondary N) is 1. The van der Waals surface area contributed by atoms with E-state index >= 15 is 0 Å². The molecule has 0 radical (unpaired) electrons. The number of carbonyl (C=O) groups is 2. The number of hydrogen-bond donors (Lipinski definition) is 1. The third-order valence-corrected chi connectivity index (χ3v) is 5.38. The van der Waals surface area contributed by atoms with Crippen molar-refractivity contribution in [3.63, 3.8) is 0 Å². The Balaban J connectivity index is 1.45. The zero-order chi connectivity index (χ0) is 18.6. The highest BCUT2D eigenvalue weighted by Gasteiger charge is 2.26. The van der Waals surface area contributed by atoms with Crippen molar-refractivity contribution >= 4 is 29.3 Å². The summed E-state index contributed by atoms with van der Waals surface area (Å²) in [5, 5.41) is 7.17. The van der Waals surface area contributed by atoms with Gasteiger partial charge in [0.05, 0.1) is 17.1 Å². The standard InChI is InChI=1S/C20H18N4O2S/c25-19(13-23-17-8-3-4-9-18(17)27-14-20(23)26)21-12-15-6-1-2-7-16(15)24-11-5-10-22-24/h1-11H,12-14H2,(H,21,25). The number of carbonyl (C=O) groups excluding carboxylic acids is 2. The van der Waals surface area contributed by atoms with Gasteiger partial charge in [0, 0.05) is 23.8 Å². The minimum atomic E-state index is -0.194. The summed E-state index contributed by atoms with van der Waals surface area (Å²) >= 11 is 1.51. The summed E-state index contributed by atoms with van der Waals surface area (Å²) in [6.07, 6.45) is 3.58. The van der Waals surface area contributed by atoms with Crippen LogP contribution in [0.15, 0.2) is 71.9 Å². The van der Waals surface area contributed by atoms with E-state index in [0.29, 0.717) is 12.3 Å². The second-order valence-corrected chi connectivity index (χ2v) is 7.11. The van der Waals surface area contributed by atoms with Gasteiger partial charge in [0.25, 0.3) is 0 Å². The predicted octanol–water partition coefficient (Wildman–Crippen LogP) is 2.63. The Morgan fingerprint density at radius 3 is 2.67 bits per heavy atom. The van der Waals surface area contributed by atoms with Crippen LogP contribution in [-0.4, -0.2) is 33.9 Å². The number of hydrogen-bond acceptors (Lipinski definition) is 4. The first-order valence-electron chi connectivity index (χ1n) is 8.59. The summed E-state index contributed by atoms with van der Waals surface area (Å²) in [7, 11) is 0. The number of thioether (sulfide) groups is 1. The van der Waals surface area contributed by atoms with E-state index in [1.54, 1.807) is 15.8 Å². The summed E-state index contributed by atoms with van der Waals surface area (Å²) < 4.78 is 1.77. The molecule has 0 unspecified atom stereocenters. The van der Waals surface area contributed by atoms with Crippen LogP contribution < -0.4 is 10.2 Å². The molecule has 27 heavy (non-hydrogen) atoms. The summed E-state index contributed by atoms with van der Waals surface area (Å²) in [5.74, 6) is 0.109. The number of anilines is 1. The lowest BCUT2D eigenvalue weighted by molar-refractivity contribution is -0.123. The third-order valence-electron chi connectivity index (χ3n) is 4.33. The van der Waals surface area contributed by atoms with Crippen LogP contribution in [0.2, 0.25) is 0 Å². The topological polar surface area (TPSA) is 67.2 Å². The van der Waals surface area contributed by atoms with Gasteiger partial charge in [-0.15, -0.1) is 11.8 Å². The van der Waals surface area contributed by atoms with E-state index in [9.17, 15) is 9.59 Å². The van der Waals surface area contributed by atoms with Crippen LogP contribution in [0.5, 0.6) is 0 Å². The van der Waals surface area contributed by atoms with Crippen LogP contribution in [0.1, 0.15) is 5.56 Å². The van der Waals surface area contributed by atoms with Crippen molar-refractivity contribution in [2.24, 2.45) is 0 Å². The molecular weight excluding hydrogens is 360 g/mol. The normalized spacial score (nSPS) is 13.3. The Bertz CT molecular complexity index is 972. The highest BCUT2D eigenvalue weighted by atomic mass is 32.2. The maximum atomic E-state index is 12.5. The van der Waals surface area contributed by atoms with Gasteiger partial charge in [-0.1, -0.05) is 30.3 Å². The smallest absolute Gasteiger partial charge is 0.240 e. The summed E-state index contributed by atoms with van der Waals surface area (Å²) in [4.78, 5) is 27.4. The molecule has 6 nitrogen and oxygen atoms in total. The van der Waals surface area contributed by atoms with Gasteiger partial charge in [0.1, 0.15) is 6.54 Å². The first kappa shape index (κ1) is 17.4. The van der Waals surface area contributed by atoms with E-state index in [0.717, 1.165) is 21.8 Å². The van der Waals surface area contributed by atoms with Crippen LogP contribution in [0.3, 0.4) is 0 Å². The molecule has 0 aliphatic carbocycles. The van der Waals surface area contributed by atoms with Crippen molar-refractivity contribution < 1.29 is 9.59 Å². The number of rotatable bonds is 5. The molecule has 0 fully saturated rings. The van der Waals surface area contributed by atoms with Crippen LogP contribution in [0.4, 0.5) is 5.69 Å². The van der Waals surface area contributed by atoms with Gasteiger partial charge < -0.3 is 10.2 Å². The molecule has 3 aromatic rings. The molecule has 4 rings (SSSR count). The van der Waals surface area contributed by atoms with Crippen molar-refractivity contribution in [1.29, 1.82) is 0 Å². The van der Waals surface area contributed by atoms with Gasteiger partial charge in [-0.05, 0) is 29.8 Å². The number of benzene rings is 2. The second kappa shape index (κ2) is 7.67. The van der Waals surface area contributed by atoms with Gasteiger partial charge in [0.15, 0.2) is 0 Å². The number of fused-ring (bicyclic) bond motifs is 1. The zero-order valence-electron chi connectivity index (χ0n) is 14.5. The lowest BCUT2D eigenvalue weighted by Gasteiger charge is -2.28. The molecule has 0 atom stereocenters. The lowest BCUT2D eigenvalue weighted by atomic mass is 10.1. The van der Waals surface area contributed by atoms with E-state index in [1.165, 1.54) is 11.8 Å². The number of para-hydroxylation sites is 2. The fraction of sp³-hybridized carbons (Fsp3) is 0.150. The summed E-state index contributed by atoms with van der Waals surface area (Å²) in [6, 6.07) is 17.3. The highest BCUT2D eigenvalue weighted by molar-refractivity contribution is 8.00. The maximum absolute atomic E-state index is 12.5. The Labute approximate surface area is 161 Å². The van der Waals surface area contributed by atoms with Gasteiger partial charge >= 0.3 is 0 Å². The van der Waals surface area contributed by atoms with Crippen LogP contribution in [-0.2, 0) is 16.1 Å². The molecule has 0 bridgehead atoms. The molecule has 1 aromatic heterocycles. The monoisotopic (exact) mass is 378 g/mol. The molecule has 1 N–H and O–H groups in total. The van der Waals surface area contributed by atoms with Crippen molar-refractivity contribution in [2.75, 3.05) is 17.2 Å². The number of aromatic nitrogens is 2. The minimum Gasteiger partial charge on any atom is -0.350 e. The molecule has 136 valence electrons. The lowest BCUT2D eigenvalue weighted by Crippen LogP contribution is -2.43. The van der Waals surface area contributed by atoms with Gasteiger partial charge in [-0.25, -0.2) is 4.68 Å². The van der Waals surface area contributed by atoms with Gasteiger partial charge in [0.2, 0.25) is 11.8 Å². The van der Waals surface area contributed by atoms with Crippen LogP contribution in [0, 0.1) is 0 Å². The minimum absolute atomic E-state index is 0.0142. The third kappa shape index (κ3) is 3.73. The molecule has 0 spiro atoms. The van der Waals surface area contributed by atoms with Crippen molar-refractivity contribution in [2.45, 2.75) is 11.4 Å². The summed E-state index contributed by atoms with van der Waals surface area (Å²) in [6.45, 7) is 0.383. The fourth-order valence-electron chi connectivity index (χ4n) is 3.02. The molecule has 7 heteroatoms. The number of amides is 2. The Morgan fingerprint density at radius 1 is 1.07 bits per heavy atom. The largest absolute Gasteiger partial charge is 0.350 e. The molecule has 2 amide bonds. The van der Waals surface area contributed by atoms with Crippen LogP contribution in [0.25, 0.3) is 5.69 Å². The van der Waals surface area contributed by atoms with Gasteiger partial charge in [-0.2, -0.15) is 5.10 Å². The first-order chi connectivity index (χ1) is 13.2. The van der Waals surface area contributed by atoms with Crippen molar-refractivity contribution in [1.82, 2.24) is 15.1 Å². The van der Waals surface area contributed by atoms with Crippen LogP contribution >= 0.6 is 11.8 Å². The molecule has 2 heterocycles. The average Bonchev–Trinajstić information content (AvgIpc) is 3.23.